The molecule has 0 spiro atoms. The van der Waals surface area contributed by atoms with Crippen molar-refractivity contribution in [1.82, 2.24) is 15.0 Å². The maximum atomic E-state index is 5.61. The summed E-state index contributed by atoms with van der Waals surface area (Å²) in [6, 6.07) is 2.52. The molecule has 1 saturated heterocycles. The first-order valence-corrected chi connectivity index (χ1v) is 6.08. The average molecular weight is 230 g/mol. The maximum absolute atomic E-state index is 5.61. The van der Waals surface area contributed by atoms with Crippen LogP contribution in [-0.2, 0) is 4.74 Å². The second-order valence-corrected chi connectivity index (χ2v) is 4.81. The van der Waals surface area contributed by atoms with Gasteiger partial charge in [0.05, 0.1) is 11.5 Å². The lowest BCUT2D eigenvalue weighted by atomic mass is 9.76. The van der Waals surface area contributed by atoms with Crippen LogP contribution in [0.15, 0.2) is 18.6 Å². The van der Waals surface area contributed by atoms with Crippen molar-refractivity contribution in [1.29, 1.82) is 0 Å². The van der Waals surface area contributed by atoms with Gasteiger partial charge in [0, 0.05) is 24.8 Å². The fourth-order valence-corrected chi connectivity index (χ4v) is 2.93. The van der Waals surface area contributed by atoms with Crippen LogP contribution in [0.5, 0.6) is 0 Å². The second kappa shape index (κ2) is 3.43. The maximum Gasteiger partial charge on any atom is 0.142 e. The van der Waals surface area contributed by atoms with Gasteiger partial charge in [-0.2, -0.15) is 0 Å². The summed E-state index contributed by atoms with van der Waals surface area (Å²) in [4.78, 5) is 11.6. The molecule has 2 aromatic heterocycles. The van der Waals surface area contributed by atoms with E-state index in [0.717, 1.165) is 29.9 Å². The molecule has 2 fully saturated rings. The van der Waals surface area contributed by atoms with Crippen LogP contribution in [0.3, 0.4) is 0 Å². The van der Waals surface area contributed by atoms with E-state index in [2.05, 4.69) is 20.3 Å². The highest BCUT2D eigenvalue weighted by Crippen LogP contribution is 2.40. The summed E-state index contributed by atoms with van der Waals surface area (Å²) in [6.07, 6.45) is 6.25. The van der Waals surface area contributed by atoms with Crippen molar-refractivity contribution < 1.29 is 4.74 Å². The predicted molar refractivity (Wildman–Crippen MR) is 63.8 cm³/mol. The number of rotatable bonds is 2. The van der Waals surface area contributed by atoms with Gasteiger partial charge in [0.2, 0.25) is 0 Å². The molecule has 0 radical (unpaired) electrons. The highest BCUT2D eigenvalue weighted by Gasteiger charge is 2.45. The molecular weight excluding hydrogens is 216 g/mol. The van der Waals surface area contributed by atoms with Crippen LogP contribution in [0.4, 0.5) is 5.82 Å². The molecule has 2 N–H and O–H groups in total. The molecule has 1 saturated carbocycles. The number of aromatic nitrogens is 3. The minimum Gasteiger partial charge on any atom is -0.378 e. The topological polar surface area (TPSA) is 62.8 Å². The zero-order valence-electron chi connectivity index (χ0n) is 9.39. The molecule has 0 bridgehead atoms. The first-order chi connectivity index (χ1) is 8.42. The van der Waals surface area contributed by atoms with Gasteiger partial charge in [0.1, 0.15) is 17.8 Å². The van der Waals surface area contributed by atoms with E-state index in [1.807, 2.05) is 12.3 Å². The molecule has 0 unspecified atom stereocenters. The van der Waals surface area contributed by atoms with Crippen LogP contribution in [0, 0.1) is 5.92 Å². The molecular formula is C12H14N4O. The number of hydrogen-bond donors (Lipinski definition) is 2. The summed E-state index contributed by atoms with van der Waals surface area (Å²) in [5, 5.41) is 4.59. The molecule has 5 heteroatoms. The van der Waals surface area contributed by atoms with Gasteiger partial charge in [-0.25, -0.2) is 9.97 Å². The van der Waals surface area contributed by atoms with Crippen LogP contribution < -0.4 is 5.32 Å². The van der Waals surface area contributed by atoms with E-state index < -0.39 is 0 Å². The molecule has 3 heterocycles. The summed E-state index contributed by atoms with van der Waals surface area (Å²) in [5.74, 6) is 1.60. The van der Waals surface area contributed by atoms with Crippen LogP contribution in [0.2, 0.25) is 0 Å². The first kappa shape index (κ1) is 9.41. The first-order valence-electron chi connectivity index (χ1n) is 6.08. The number of nitrogens with one attached hydrogen (secondary N) is 2. The van der Waals surface area contributed by atoms with E-state index in [4.69, 9.17) is 4.74 Å². The number of nitrogens with zero attached hydrogens (tertiary/aromatic N) is 2. The largest absolute Gasteiger partial charge is 0.378 e. The van der Waals surface area contributed by atoms with E-state index >= 15 is 0 Å². The van der Waals surface area contributed by atoms with E-state index in [1.165, 1.54) is 6.42 Å². The SMILES string of the molecule is c1nc(N[C@@H]2C[C@H]3OCC[C@@H]23)c2cc[nH]c2n1. The Morgan fingerprint density at radius 2 is 2.41 bits per heavy atom. The number of H-pyrrole nitrogens is 1. The van der Waals surface area contributed by atoms with Gasteiger partial charge in [0.25, 0.3) is 0 Å². The van der Waals surface area contributed by atoms with Crippen LogP contribution in [-0.4, -0.2) is 33.7 Å². The predicted octanol–water partition coefficient (Wildman–Crippen LogP) is 1.55. The summed E-state index contributed by atoms with van der Waals surface area (Å²) in [5.41, 5.74) is 0.890. The van der Waals surface area contributed by atoms with Crippen molar-refractivity contribution in [3.05, 3.63) is 18.6 Å². The van der Waals surface area contributed by atoms with Crippen LogP contribution in [0.25, 0.3) is 11.0 Å². The Labute approximate surface area is 98.6 Å². The molecule has 88 valence electrons. The minimum absolute atomic E-state index is 0.482. The number of ether oxygens (including phenoxy) is 1. The summed E-state index contributed by atoms with van der Waals surface area (Å²) >= 11 is 0. The fraction of sp³-hybridized carbons (Fsp3) is 0.500. The smallest absolute Gasteiger partial charge is 0.142 e. The average Bonchev–Trinajstić information content (AvgIpc) is 2.92. The van der Waals surface area contributed by atoms with Crippen molar-refractivity contribution in [3.8, 4) is 0 Å². The molecule has 3 atom stereocenters. The summed E-state index contributed by atoms with van der Waals surface area (Å²) in [6.45, 7) is 0.914. The Hall–Kier alpha value is -1.62. The number of aromatic amines is 1. The van der Waals surface area contributed by atoms with Crippen molar-refractivity contribution in [2.45, 2.75) is 25.0 Å². The fourth-order valence-electron chi connectivity index (χ4n) is 2.93. The second-order valence-electron chi connectivity index (χ2n) is 4.81. The molecule has 0 aromatic carbocycles. The quantitative estimate of drug-likeness (QED) is 0.821. The van der Waals surface area contributed by atoms with E-state index in [0.29, 0.717) is 18.1 Å². The Kier molecular flexibility index (Phi) is 1.90. The Morgan fingerprint density at radius 1 is 1.41 bits per heavy atom. The third-order valence-electron chi connectivity index (χ3n) is 3.94. The summed E-state index contributed by atoms with van der Waals surface area (Å²) in [7, 11) is 0. The van der Waals surface area contributed by atoms with E-state index in [1.54, 1.807) is 6.33 Å². The van der Waals surface area contributed by atoms with Gasteiger partial charge < -0.3 is 15.0 Å². The van der Waals surface area contributed by atoms with Gasteiger partial charge in [-0.3, -0.25) is 0 Å². The summed E-state index contributed by atoms with van der Waals surface area (Å²) < 4.78 is 5.61. The van der Waals surface area contributed by atoms with Gasteiger partial charge in [0.15, 0.2) is 0 Å². The molecule has 4 rings (SSSR count). The van der Waals surface area contributed by atoms with Gasteiger partial charge in [-0.1, -0.05) is 0 Å². The number of hydrogen-bond acceptors (Lipinski definition) is 4. The van der Waals surface area contributed by atoms with Crippen LogP contribution >= 0.6 is 0 Å². The Balaban J connectivity index is 1.61. The van der Waals surface area contributed by atoms with Crippen molar-refractivity contribution in [2.75, 3.05) is 11.9 Å². The standard InChI is InChI=1S/C12H14N4O/c1-3-13-11-8(1)12(15-6-14-11)16-9-5-10-7(9)2-4-17-10/h1,3,6-7,9-10H,2,4-5H2,(H2,13,14,15,16)/t7-,9+,10+/m0/s1. The number of fused-ring (bicyclic) bond motifs is 2. The van der Waals surface area contributed by atoms with Crippen molar-refractivity contribution >= 4 is 16.9 Å². The van der Waals surface area contributed by atoms with Crippen molar-refractivity contribution in [3.63, 3.8) is 0 Å². The zero-order valence-corrected chi connectivity index (χ0v) is 9.39. The molecule has 2 aromatic rings. The minimum atomic E-state index is 0.482. The Morgan fingerprint density at radius 3 is 3.35 bits per heavy atom. The van der Waals surface area contributed by atoms with Gasteiger partial charge >= 0.3 is 0 Å². The molecule has 5 nitrogen and oxygen atoms in total. The highest BCUT2D eigenvalue weighted by atomic mass is 16.5. The molecule has 1 aliphatic heterocycles. The zero-order chi connectivity index (χ0) is 11.2. The lowest BCUT2D eigenvalue weighted by Crippen LogP contribution is -2.47. The van der Waals surface area contributed by atoms with E-state index in [-0.39, 0.29) is 0 Å². The highest BCUT2D eigenvalue weighted by molar-refractivity contribution is 5.86. The molecule has 2 aliphatic rings. The monoisotopic (exact) mass is 230 g/mol. The normalized spacial score (nSPS) is 31.2. The van der Waals surface area contributed by atoms with Crippen LogP contribution in [0.1, 0.15) is 12.8 Å². The molecule has 0 amide bonds. The lowest BCUT2D eigenvalue weighted by molar-refractivity contribution is 0.0247. The van der Waals surface area contributed by atoms with Gasteiger partial charge in [-0.15, -0.1) is 0 Å². The third kappa shape index (κ3) is 1.35. The van der Waals surface area contributed by atoms with E-state index in [9.17, 15) is 0 Å². The molecule has 17 heavy (non-hydrogen) atoms. The Bertz CT molecular complexity index is 552. The third-order valence-corrected chi connectivity index (χ3v) is 3.94. The lowest BCUT2D eigenvalue weighted by Gasteiger charge is -2.39. The van der Waals surface area contributed by atoms with Gasteiger partial charge in [-0.05, 0) is 18.9 Å². The number of anilines is 1. The molecule has 1 aliphatic carbocycles. The van der Waals surface area contributed by atoms with Crippen molar-refractivity contribution in [2.24, 2.45) is 5.92 Å².